The molecule has 2 rings (SSSR count). The molecule has 1 aromatic heterocycles. The Morgan fingerprint density at radius 1 is 1.38 bits per heavy atom. The van der Waals surface area contributed by atoms with E-state index in [9.17, 15) is 8.42 Å². The van der Waals surface area contributed by atoms with Gasteiger partial charge in [-0.15, -0.1) is 0 Å². The summed E-state index contributed by atoms with van der Waals surface area (Å²) in [5.74, 6) is 0.395. The van der Waals surface area contributed by atoms with Crippen LogP contribution in [0.4, 0.5) is 0 Å². The van der Waals surface area contributed by atoms with E-state index >= 15 is 0 Å². The molecule has 0 spiro atoms. The third-order valence-electron chi connectivity index (χ3n) is 2.86. The molecule has 0 saturated heterocycles. The van der Waals surface area contributed by atoms with Gasteiger partial charge in [0.2, 0.25) is 0 Å². The monoisotopic (exact) mass is 241 g/mol. The Morgan fingerprint density at radius 2 is 2.12 bits per heavy atom. The highest BCUT2D eigenvalue weighted by Gasteiger charge is 2.20. The van der Waals surface area contributed by atoms with Gasteiger partial charge in [0.25, 0.3) is 10.1 Å². The fourth-order valence-electron chi connectivity index (χ4n) is 1.93. The zero-order valence-corrected chi connectivity index (χ0v) is 9.82. The van der Waals surface area contributed by atoms with Crippen LogP contribution in [0.1, 0.15) is 25.7 Å². The van der Waals surface area contributed by atoms with Crippen LogP contribution in [0, 0.1) is 5.92 Å². The Balaban J connectivity index is 1.98. The van der Waals surface area contributed by atoms with Gasteiger partial charge in [0.05, 0.1) is 6.61 Å². The van der Waals surface area contributed by atoms with E-state index in [0.29, 0.717) is 12.5 Å². The third-order valence-corrected chi connectivity index (χ3v) is 4.12. The highest BCUT2D eigenvalue weighted by molar-refractivity contribution is 7.86. The van der Waals surface area contributed by atoms with E-state index in [2.05, 4.69) is 4.98 Å². The molecule has 0 amide bonds. The number of pyridine rings is 1. The molecule has 0 unspecified atom stereocenters. The lowest BCUT2D eigenvalue weighted by molar-refractivity contribution is 0.257. The lowest BCUT2D eigenvalue weighted by atomic mass is 10.1. The zero-order chi connectivity index (χ0) is 11.4. The quantitative estimate of drug-likeness (QED) is 0.756. The van der Waals surface area contributed by atoms with Crippen LogP contribution in [0.25, 0.3) is 0 Å². The molecule has 16 heavy (non-hydrogen) atoms. The second-order valence-corrected chi connectivity index (χ2v) is 5.69. The van der Waals surface area contributed by atoms with Crippen LogP contribution >= 0.6 is 0 Å². The molecule has 4 nitrogen and oxygen atoms in total. The molecular formula is C11H15NO3S. The maximum absolute atomic E-state index is 11.7. The van der Waals surface area contributed by atoms with Crippen molar-refractivity contribution in [3.8, 4) is 0 Å². The molecule has 1 saturated carbocycles. The molecule has 1 fully saturated rings. The highest BCUT2D eigenvalue weighted by Crippen LogP contribution is 2.25. The summed E-state index contributed by atoms with van der Waals surface area (Å²) in [7, 11) is -3.61. The molecule has 1 aliphatic carbocycles. The fraction of sp³-hybridized carbons (Fsp3) is 0.545. The van der Waals surface area contributed by atoms with Gasteiger partial charge in [0, 0.05) is 12.4 Å². The van der Waals surface area contributed by atoms with E-state index in [1.807, 2.05) is 0 Å². The van der Waals surface area contributed by atoms with Crippen molar-refractivity contribution in [3.05, 3.63) is 24.5 Å². The van der Waals surface area contributed by atoms with E-state index < -0.39 is 10.1 Å². The Hall–Kier alpha value is -0.940. The molecule has 88 valence electrons. The summed E-state index contributed by atoms with van der Waals surface area (Å²) in [6.45, 7) is 0.303. The van der Waals surface area contributed by atoms with Crippen molar-refractivity contribution in [2.75, 3.05) is 6.61 Å². The average molecular weight is 241 g/mol. The molecule has 0 N–H and O–H groups in total. The van der Waals surface area contributed by atoms with Crippen molar-refractivity contribution >= 4 is 10.1 Å². The first-order chi connectivity index (χ1) is 7.68. The van der Waals surface area contributed by atoms with Gasteiger partial charge in [-0.1, -0.05) is 12.8 Å². The van der Waals surface area contributed by atoms with Gasteiger partial charge in [-0.05, 0) is 30.9 Å². The van der Waals surface area contributed by atoms with Crippen molar-refractivity contribution in [1.82, 2.24) is 4.98 Å². The lowest BCUT2D eigenvalue weighted by Gasteiger charge is -2.09. The van der Waals surface area contributed by atoms with Gasteiger partial charge in [0.15, 0.2) is 0 Å². The summed E-state index contributed by atoms with van der Waals surface area (Å²) in [4.78, 5) is 3.90. The first kappa shape index (κ1) is 11.5. The Morgan fingerprint density at radius 3 is 2.75 bits per heavy atom. The van der Waals surface area contributed by atoms with E-state index in [-0.39, 0.29) is 4.90 Å². The van der Waals surface area contributed by atoms with E-state index in [4.69, 9.17) is 4.18 Å². The van der Waals surface area contributed by atoms with Gasteiger partial charge in [-0.3, -0.25) is 9.17 Å². The minimum atomic E-state index is -3.61. The summed E-state index contributed by atoms with van der Waals surface area (Å²) >= 11 is 0. The topological polar surface area (TPSA) is 56.3 Å². The fourth-order valence-corrected chi connectivity index (χ4v) is 2.87. The van der Waals surface area contributed by atoms with Crippen molar-refractivity contribution in [2.45, 2.75) is 30.6 Å². The Kier molecular flexibility index (Phi) is 3.56. The molecule has 1 aromatic rings. The van der Waals surface area contributed by atoms with Gasteiger partial charge in [-0.25, -0.2) is 0 Å². The molecule has 0 aromatic carbocycles. The maximum Gasteiger partial charge on any atom is 0.298 e. The van der Waals surface area contributed by atoms with Crippen LogP contribution < -0.4 is 0 Å². The number of rotatable bonds is 4. The largest absolute Gasteiger partial charge is 0.298 e. The summed E-state index contributed by atoms with van der Waals surface area (Å²) in [6.07, 6.45) is 7.35. The SMILES string of the molecule is O=S(=O)(OCC1CCCC1)c1cccnc1. The first-order valence-electron chi connectivity index (χ1n) is 5.48. The highest BCUT2D eigenvalue weighted by atomic mass is 32.2. The van der Waals surface area contributed by atoms with Crippen molar-refractivity contribution in [3.63, 3.8) is 0 Å². The summed E-state index contributed by atoms with van der Waals surface area (Å²) in [5, 5.41) is 0. The molecular weight excluding hydrogens is 226 g/mol. The normalized spacial score (nSPS) is 17.8. The van der Waals surface area contributed by atoms with Gasteiger partial charge in [0.1, 0.15) is 4.90 Å². The van der Waals surface area contributed by atoms with Gasteiger partial charge in [-0.2, -0.15) is 8.42 Å². The van der Waals surface area contributed by atoms with Crippen LogP contribution in [0.15, 0.2) is 29.4 Å². The second kappa shape index (κ2) is 4.93. The zero-order valence-electron chi connectivity index (χ0n) is 9.00. The standard InChI is InChI=1S/C11H15NO3S/c13-16(14,11-6-3-7-12-8-11)15-9-10-4-1-2-5-10/h3,6-8,10H,1-2,4-5,9H2. The maximum atomic E-state index is 11.7. The number of hydrogen-bond donors (Lipinski definition) is 0. The van der Waals surface area contributed by atoms with Crippen molar-refractivity contribution in [1.29, 1.82) is 0 Å². The smallest absolute Gasteiger partial charge is 0.266 e. The predicted octanol–water partition coefficient (Wildman–Crippen LogP) is 1.98. The molecule has 1 aliphatic rings. The predicted molar refractivity (Wildman–Crippen MR) is 59.3 cm³/mol. The van der Waals surface area contributed by atoms with E-state index in [0.717, 1.165) is 12.8 Å². The van der Waals surface area contributed by atoms with Crippen molar-refractivity contribution < 1.29 is 12.6 Å². The average Bonchev–Trinajstić information content (AvgIpc) is 2.81. The van der Waals surface area contributed by atoms with Crippen LogP contribution in [0.2, 0.25) is 0 Å². The lowest BCUT2D eigenvalue weighted by Crippen LogP contribution is -2.12. The van der Waals surface area contributed by atoms with Crippen LogP contribution in [0.3, 0.4) is 0 Å². The Labute approximate surface area is 95.8 Å². The van der Waals surface area contributed by atoms with Crippen LogP contribution in [-0.4, -0.2) is 20.0 Å². The summed E-state index contributed by atoms with van der Waals surface area (Å²) < 4.78 is 28.5. The minimum Gasteiger partial charge on any atom is -0.266 e. The molecule has 0 atom stereocenters. The second-order valence-electron chi connectivity index (χ2n) is 4.08. The summed E-state index contributed by atoms with van der Waals surface area (Å²) in [5.41, 5.74) is 0. The number of aromatic nitrogens is 1. The summed E-state index contributed by atoms with van der Waals surface area (Å²) in [6, 6.07) is 3.09. The van der Waals surface area contributed by atoms with Crippen LogP contribution in [-0.2, 0) is 14.3 Å². The molecule has 5 heteroatoms. The van der Waals surface area contributed by atoms with Gasteiger partial charge < -0.3 is 0 Å². The number of hydrogen-bond acceptors (Lipinski definition) is 4. The Bertz CT molecular complexity index is 424. The molecule has 1 heterocycles. The van der Waals surface area contributed by atoms with E-state index in [1.54, 1.807) is 6.07 Å². The number of nitrogens with zero attached hydrogens (tertiary/aromatic N) is 1. The molecule has 0 aliphatic heterocycles. The molecule has 0 radical (unpaired) electrons. The first-order valence-corrected chi connectivity index (χ1v) is 6.89. The van der Waals surface area contributed by atoms with Crippen LogP contribution in [0.5, 0.6) is 0 Å². The minimum absolute atomic E-state index is 0.132. The molecule has 0 bridgehead atoms. The van der Waals surface area contributed by atoms with E-state index in [1.165, 1.54) is 31.3 Å². The third kappa shape index (κ3) is 2.80. The van der Waals surface area contributed by atoms with Crippen molar-refractivity contribution in [2.24, 2.45) is 5.92 Å². The van der Waals surface area contributed by atoms with Gasteiger partial charge >= 0.3 is 0 Å².